The fourth-order valence-corrected chi connectivity index (χ4v) is 2.15. The Morgan fingerprint density at radius 3 is 2.58 bits per heavy atom. The van der Waals surface area contributed by atoms with Crippen LogP contribution in [0.5, 0.6) is 5.75 Å². The smallest absolute Gasteiger partial charge is 0.406 e. The van der Waals surface area contributed by atoms with E-state index in [2.05, 4.69) is 15.4 Å². The van der Waals surface area contributed by atoms with Gasteiger partial charge >= 0.3 is 6.36 Å². The number of nitrogens with one attached hydrogen (secondary N) is 2. The minimum atomic E-state index is -4.75. The van der Waals surface area contributed by atoms with Gasteiger partial charge in [-0.05, 0) is 48.1 Å². The van der Waals surface area contributed by atoms with Crippen LogP contribution in [0.15, 0.2) is 42.5 Å². The van der Waals surface area contributed by atoms with Gasteiger partial charge in [0.2, 0.25) is 0 Å². The second-order valence-corrected chi connectivity index (χ2v) is 5.45. The first kappa shape index (κ1) is 18.3. The average Bonchev–Trinajstić information content (AvgIpc) is 2.48. The molecule has 0 saturated heterocycles. The van der Waals surface area contributed by atoms with Crippen LogP contribution < -0.4 is 15.4 Å². The van der Waals surface area contributed by atoms with Crippen molar-refractivity contribution in [3.63, 3.8) is 0 Å². The van der Waals surface area contributed by atoms with Gasteiger partial charge in [0.15, 0.2) is 5.11 Å². The molecule has 0 aliphatic carbocycles. The number of halogens is 5. The molecule has 0 aliphatic rings. The van der Waals surface area contributed by atoms with Gasteiger partial charge in [-0.15, -0.1) is 13.2 Å². The standard InChI is InChI=1S/C15H11ClF4N2OS/c16-12-7-10(4-5-13(12)17)22-14(24)21-8-9-2-1-3-11(6-9)23-15(18,19)20/h1-7H,8H2,(H2,21,22,24). The number of thiocarbonyl (C=S) groups is 1. The molecule has 9 heteroatoms. The van der Waals surface area contributed by atoms with Gasteiger partial charge in [-0.25, -0.2) is 4.39 Å². The van der Waals surface area contributed by atoms with Crippen LogP contribution >= 0.6 is 23.8 Å². The van der Waals surface area contributed by atoms with E-state index in [0.717, 1.165) is 0 Å². The normalized spacial score (nSPS) is 11.0. The highest BCUT2D eigenvalue weighted by Gasteiger charge is 2.31. The molecule has 0 spiro atoms. The zero-order valence-corrected chi connectivity index (χ0v) is 13.5. The second kappa shape index (κ2) is 7.67. The van der Waals surface area contributed by atoms with Crippen LogP contribution in [-0.2, 0) is 6.54 Å². The molecule has 24 heavy (non-hydrogen) atoms. The minimum absolute atomic E-state index is 0.0557. The number of anilines is 1. The largest absolute Gasteiger partial charge is 0.573 e. The monoisotopic (exact) mass is 378 g/mol. The molecule has 0 amide bonds. The highest BCUT2D eigenvalue weighted by atomic mass is 35.5. The molecule has 0 bridgehead atoms. The number of rotatable bonds is 4. The van der Waals surface area contributed by atoms with E-state index in [1.165, 1.54) is 36.4 Å². The summed E-state index contributed by atoms with van der Waals surface area (Å²) in [5, 5.41) is 5.76. The van der Waals surface area contributed by atoms with Gasteiger partial charge in [0.05, 0.1) is 5.02 Å². The number of alkyl halides is 3. The fourth-order valence-electron chi connectivity index (χ4n) is 1.78. The first-order valence-corrected chi connectivity index (χ1v) is 7.36. The summed E-state index contributed by atoms with van der Waals surface area (Å²) < 4.78 is 53.5. The van der Waals surface area contributed by atoms with E-state index >= 15 is 0 Å². The van der Waals surface area contributed by atoms with Crippen LogP contribution in [0.3, 0.4) is 0 Å². The lowest BCUT2D eigenvalue weighted by atomic mass is 10.2. The molecule has 0 heterocycles. The van der Waals surface area contributed by atoms with E-state index in [1.807, 2.05) is 0 Å². The highest BCUT2D eigenvalue weighted by Crippen LogP contribution is 2.23. The molecule has 0 fully saturated rings. The first-order valence-electron chi connectivity index (χ1n) is 6.57. The maximum atomic E-state index is 13.1. The minimum Gasteiger partial charge on any atom is -0.406 e. The van der Waals surface area contributed by atoms with Crippen LogP contribution in [-0.4, -0.2) is 11.5 Å². The Labute approximate surface area is 145 Å². The molecular weight excluding hydrogens is 368 g/mol. The second-order valence-electron chi connectivity index (χ2n) is 4.63. The predicted molar refractivity (Wildman–Crippen MR) is 87.6 cm³/mol. The lowest BCUT2D eigenvalue weighted by molar-refractivity contribution is -0.274. The quantitative estimate of drug-likeness (QED) is 0.587. The molecule has 2 rings (SSSR count). The lowest BCUT2D eigenvalue weighted by Crippen LogP contribution is -2.28. The van der Waals surface area contributed by atoms with Crippen molar-refractivity contribution in [2.24, 2.45) is 0 Å². The Kier molecular flexibility index (Phi) is 5.84. The van der Waals surface area contributed by atoms with Gasteiger partial charge in [-0.1, -0.05) is 23.7 Å². The molecule has 0 aliphatic heterocycles. The molecule has 0 unspecified atom stereocenters. The summed E-state index contributed by atoms with van der Waals surface area (Å²) in [6, 6.07) is 9.51. The summed E-state index contributed by atoms with van der Waals surface area (Å²) in [5.41, 5.74) is 1.02. The van der Waals surface area contributed by atoms with Crippen LogP contribution in [0, 0.1) is 5.82 Å². The summed E-state index contributed by atoms with van der Waals surface area (Å²) in [5.74, 6) is -0.867. The van der Waals surface area contributed by atoms with Crippen molar-refractivity contribution in [2.75, 3.05) is 5.32 Å². The van der Waals surface area contributed by atoms with E-state index in [9.17, 15) is 17.6 Å². The predicted octanol–water partition coefficient (Wildman–Crippen LogP) is 4.86. The van der Waals surface area contributed by atoms with Crippen LogP contribution in [0.1, 0.15) is 5.56 Å². The maximum absolute atomic E-state index is 13.1. The van der Waals surface area contributed by atoms with Gasteiger partial charge in [0.25, 0.3) is 0 Å². The first-order chi connectivity index (χ1) is 11.2. The third-order valence-electron chi connectivity index (χ3n) is 2.76. The molecule has 128 valence electrons. The molecule has 2 N–H and O–H groups in total. The van der Waals surface area contributed by atoms with Crippen molar-refractivity contribution in [3.8, 4) is 5.75 Å². The van der Waals surface area contributed by atoms with Crippen molar-refractivity contribution >= 4 is 34.6 Å². The summed E-state index contributed by atoms with van der Waals surface area (Å²) in [6.07, 6.45) is -4.75. The van der Waals surface area contributed by atoms with Crippen LogP contribution in [0.2, 0.25) is 5.02 Å². The SMILES string of the molecule is Fc1ccc(NC(=S)NCc2cccc(OC(F)(F)F)c2)cc1Cl. The highest BCUT2D eigenvalue weighted by molar-refractivity contribution is 7.80. The fraction of sp³-hybridized carbons (Fsp3) is 0.133. The molecule has 3 nitrogen and oxygen atoms in total. The van der Waals surface area contributed by atoms with Crippen molar-refractivity contribution in [2.45, 2.75) is 12.9 Å². The third-order valence-corrected chi connectivity index (χ3v) is 3.30. The van der Waals surface area contributed by atoms with E-state index < -0.39 is 12.2 Å². The zero-order valence-electron chi connectivity index (χ0n) is 12.0. The molecule has 0 atom stereocenters. The van der Waals surface area contributed by atoms with Gasteiger partial charge in [-0.2, -0.15) is 0 Å². The Morgan fingerprint density at radius 2 is 1.92 bits per heavy atom. The van der Waals surface area contributed by atoms with Crippen molar-refractivity contribution in [1.29, 1.82) is 0 Å². The van der Waals surface area contributed by atoms with Gasteiger partial charge < -0.3 is 15.4 Å². The molecular formula is C15H11ClF4N2OS. The summed E-state index contributed by atoms with van der Waals surface area (Å²) >= 11 is 10.7. The van der Waals surface area contributed by atoms with Gasteiger partial charge in [0, 0.05) is 12.2 Å². The Hall–Kier alpha value is -2.06. The van der Waals surface area contributed by atoms with Gasteiger partial charge in [0.1, 0.15) is 11.6 Å². The van der Waals surface area contributed by atoms with Crippen molar-refractivity contribution in [3.05, 3.63) is 58.9 Å². The van der Waals surface area contributed by atoms with E-state index in [0.29, 0.717) is 11.3 Å². The number of benzene rings is 2. The summed E-state index contributed by atoms with van der Waals surface area (Å²) in [4.78, 5) is 0. The lowest BCUT2D eigenvalue weighted by Gasteiger charge is -2.12. The van der Waals surface area contributed by atoms with Crippen molar-refractivity contribution in [1.82, 2.24) is 5.32 Å². The number of hydrogen-bond donors (Lipinski definition) is 2. The van der Waals surface area contributed by atoms with Crippen molar-refractivity contribution < 1.29 is 22.3 Å². The topological polar surface area (TPSA) is 33.3 Å². The Bertz CT molecular complexity index is 740. The van der Waals surface area contributed by atoms with E-state index in [4.69, 9.17) is 23.8 Å². The molecule has 0 radical (unpaired) electrons. The summed E-state index contributed by atoms with van der Waals surface area (Å²) in [7, 11) is 0. The molecule has 0 saturated carbocycles. The van der Waals surface area contributed by atoms with Crippen LogP contribution in [0.4, 0.5) is 23.2 Å². The Balaban J connectivity index is 1.91. The number of ether oxygens (including phenoxy) is 1. The Morgan fingerprint density at radius 1 is 1.17 bits per heavy atom. The third kappa shape index (κ3) is 5.86. The van der Waals surface area contributed by atoms with Crippen LogP contribution in [0.25, 0.3) is 0 Å². The van der Waals surface area contributed by atoms with E-state index in [-0.39, 0.29) is 22.4 Å². The zero-order chi connectivity index (χ0) is 17.7. The molecule has 2 aromatic rings. The number of hydrogen-bond acceptors (Lipinski definition) is 2. The summed E-state index contributed by atoms with van der Waals surface area (Å²) in [6.45, 7) is 0.176. The molecule has 2 aromatic carbocycles. The maximum Gasteiger partial charge on any atom is 0.573 e. The average molecular weight is 379 g/mol. The van der Waals surface area contributed by atoms with E-state index in [1.54, 1.807) is 6.07 Å². The molecule has 0 aromatic heterocycles. The van der Waals surface area contributed by atoms with Gasteiger partial charge in [-0.3, -0.25) is 0 Å².